The molecule has 1 aromatic rings. The van der Waals surface area contributed by atoms with Crippen LogP contribution in [0.3, 0.4) is 0 Å². The van der Waals surface area contributed by atoms with Gasteiger partial charge in [0.25, 0.3) is 0 Å². The molecule has 1 rings (SSSR count). The van der Waals surface area contributed by atoms with Crippen LogP contribution in [0, 0.1) is 6.92 Å². The van der Waals surface area contributed by atoms with Crippen molar-refractivity contribution in [2.75, 3.05) is 6.26 Å². The summed E-state index contributed by atoms with van der Waals surface area (Å²) in [4.78, 5) is 4.18. The first-order valence-electron chi connectivity index (χ1n) is 3.83. The first kappa shape index (κ1) is 9.55. The molecule has 0 saturated heterocycles. The van der Waals surface area contributed by atoms with E-state index in [1.807, 2.05) is 19.2 Å². The fourth-order valence-corrected chi connectivity index (χ4v) is 1.54. The Morgan fingerprint density at radius 2 is 2.25 bits per heavy atom. The molecule has 0 bridgehead atoms. The van der Waals surface area contributed by atoms with Gasteiger partial charge in [-0.15, -0.1) is 11.8 Å². The number of aryl methyl sites for hydroxylation is 1. The van der Waals surface area contributed by atoms with Crippen molar-refractivity contribution in [2.45, 2.75) is 25.0 Å². The van der Waals surface area contributed by atoms with Crippen LogP contribution in [0.5, 0.6) is 0 Å². The molecule has 0 fully saturated rings. The molecule has 0 unspecified atom stereocenters. The van der Waals surface area contributed by atoms with E-state index in [1.54, 1.807) is 24.9 Å². The lowest BCUT2D eigenvalue weighted by Crippen LogP contribution is -1.96. The van der Waals surface area contributed by atoms with Crippen LogP contribution in [0.4, 0.5) is 0 Å². The lowest BCUT2D eigenvalue weighted by Gasteiger charge is -2.08. The molecule has 0 aliphatic heterocycles. The van der Waals surface area contributed by atoms with Gasteiger partial charge in [0.1, 0.15) is 0 Å². The number of pyridine rings is 1. The molecule has 0 aliphatic rings. The summed E-state index contributed by atoms with van der Waals surface area (Å²) < 4.78 is 0. The van der Waals surface area contributed by atoms with Crippen LogP contribution in [0.25, 0.3) is 0 Å². The van der Waals surface area contributed by atoms with Gasteiger partial charge >= 0.3 is 0 Å². The van der Waals surface area contributed by atoms with Crippen LogP contribution in [-0.2, 0) is 0 Å². The molecular formula is C9H13NOS. The Balaban J connectivity index is 3.03. The number of hydrogen-bond acceptors (Lipinski definition) is 3. The van der Waals surface area contributed by atoms with Gasteiger partial charge in [-0.05, 0) is 31.7 Å². The number of thioether (sulfide) groups is 1. The largest absolute Gasteiger partial charge is 0.389 e. The third kappa shape index (κ3) is 1.99. The maximum atomic E-state index is 9.32. The van der Waals surface area contributed by atoms with Gasteiger partial charge in [0, 0.05) is 11.8 Å². The highest BCUT2D eigenvalue weighted by Crippen LogP contribution is 2.20. The second kappa shape index (κ2) is 3.92. The average Bonchev–Trinajstić information content (AvgIpc) is 2.03. The van der Waals surface area contributed by atoms with Gasteiger partial charge in [-0.3, -0.25) is 0 Å². The molecule has 1 atom stereocenters. The maximum Gasteiger partial charge on any atom is 0.0959 e. The first-order chi connectivity index (χ1) is 5.65. The molecule has 0 spiro atoms. The highest BCUT2D eigenvalue weighted by Gasteiger charge is 2.05. The first-order valence-corrected chi connectivity index (χ1v) is 5.06. The van der Waals surface area contributed by atoms with Crippen LogP contribution in [0.2, 0.25) is 0 Å². The van der Waals surface area contributed by atoms with Crippen molar-refractivity contribution < 1.29 is 5.11 Å². The summed E-state index contributed by atoms with van der Waals surface area (Å²) in [7, 11) is 0. The van der Waals surface area contributed by atoms with Gasteiger partial charge in [-0.2, -0.15) is 0 Å². The van der Waals surface area contributed by atoms with Crippen LogP contribution in [-0.4, -0.2) is 16.3 Å². The van der Waals surface area contributed by atoms with Crippen molar-refractivity contribution in [3.63, 3.8) is 0 Å². The highest BCUT2D eigenvalue weighted by atomic mass is 32.2. The molecule has 2 nitrogen and oxygen atoms in total. The normalized spacial score (nSPS) is 13.0. The minimum atomic E-state index is -0.423. The smallest absolute Gasteiger partial charge is 0.0959 e. The van der Waals surface area contributed by atoms with Gasteiger partial charge in [-0.1, -0.05) is 0 Å². The van der Waals surface area contributed by atoms with Crippen molar-refractivity contribution in [3.8, 4) is 0 Å². The van der Waals surface area contributed by atoms with Crippen LogP contribution < -0.4 is 0 Å². The maximum absolute atomic E-state index is 9.32. The van der Waals surface area contributed by atoms with Gasteiger partial charge in [0.05, 0.1) is 11.1 Å². The third-order valence-electron chi connectivity index (χ3n) is 1.79. The Hall–Kier alpha value is -0.540. The number of aliphatic hydroxyl groups excluding tert-OH is 1. The van der Waals surface area contributed by atoms with E-state index in [0.29, 0.717) is 0 Å². The van der Waals surface area contributed by atoms with Crippen molar-refractivity contribution in [3.05, 3.63) is 23.4 Å². The van der Waals surface area contributed by atoms with E-state index >= 15 is 0 Å². The van der Waals surface area contributed by atoms with Crippen LogP contribution in [0.1, 0.15) is 24.2 Å². The zero-order valence-electron chi connectivity index (χ0n) is 7.53. The summed E-state index contributed by atoms with van der Waals surface area (Å²) in [6.07, 6.45) is 3.31. The topological polar surface area (TPSA) is 33.1 Å². The van der Waals surface area contributed by atoms with Gasteiger partial charge < -0.3 is 5.11 Å². The second-order valence-electron chi connectivity index (χ2n) is 2.76. The Morgan fingerprint density at radius 3 is 2.67 bits per heavy atom. The fourth-order valence-electron chi connectivity index (χ4n) is 1.09. The van der Waals surface area contributed by atoms with E-state index in [2.05, 4.69) is 4.98 Å². The van der Waals surface area contributed by atoms with E-state index in [4.69, 9.17) is 0 Å². The third-order valence-corrected chi connectivity index (χ3v) is 2.43. The molecular weight excluding hydrogens is 170 g/mol. The molecule has 12 heavy (non-hydrogen) atoms. The highest BCUT2D eigenvalue weighted by molar-refractivity contribution is 7.98. The Morgan fingerprint density at radius 1 is 1.58 bits per heavy atom. The summed E-state index contributed by atoms with van der Waals surface area (Å²) in [6, 6.07) is 1.99. The number of nitrogens with zero attached hydrogens (tertiary/aromatic N) is 1. The Kier molecular flexibility index (Phi) is 3.12. The van der Waals surface area contributed by atoms with Gasteiger partial charge in [0.15, 0.2) is 0 Å². The molecule has 0 amide bonds. The second-order valence-corrected chi connectivity index (χ2v) is 3.59. The molecule has 0 aliphatic carbocycles. The van der Waals surface area contributed by atoms with Gasteiger partial charge in [-0.25, -0.2) is 4.98 Å². The van der Waals surface area contributed by atoms with Crippen molar-refractivity contribution in [2.24, 2.45) is 0 Å². The molecule has 1 heterocycles. The predicted octanol–water partition coefficient (Wildman–Crippen LogP) is 2.17. The Bertz CT molecular complexity index is 273. The summed E-state index contributed by atoms with van der Waals surface area (Å²) in [5.41, 5.74) is 2.01. The zero-order chi connectivity index (χ0) is 9.14. The quantitative estimate of drug-likeness (QED) is 0.713. The van der Waals surface area contributed by atoms with Crippen LogP contribution >= 0.6 is 11.8 Å². The molecule has 1 aromatic heterocycles. The summed E-state index contributed by atoms with van der Waals surface area (Å²) in [6.45, 7) is 3.74. The number of aliphatic hydroxyl groups is 1. The molecule has 66 valence electrons. The molecule has 0 aromatic carbocycles. The number of hydrogen-bond donors (Lipinski definition) is 1. The molecule has 0 saturated carbocycles. The van der Waals surface area contributed by atoms with E-state index in [9.17, 15) is 5.11 Å². The van der Waals surface area contributed by atoms with Crippen molar-refractivity contribution in [1.29, 1.82) is 0 Å². The van der Waals surface area contributed by atoms with Crippen molar-refractivity contribution in [1.82, 2.24) is 4.98 Å². The average molecular weight is 183 g/mol. The zero-order valence-corrected chi connectivity index (χ0v) is 8.35. The minimum absolute atomic E-state index is 0.423. The van der Waals surface area contributed by atoms with Crippen LogP contribution in [0.15, 0.2) is 17.3 Å². The molecule has 3 heteroatoms. The number of rotatable bonds is 2. The standard InChI is InChI=1S/C9H13NOS/c1-6-4-9(12-3)10-5-8(6)7(2)11/h4-5,7,11H,1-3H3/t7-/m1/s1. The fraction of sp³-hybridized carbons (Fsp3) is 0.444. The molecule has 1 N–H and O–H groups in total. The van der Waals surface area contributed by atoms with E-state index < -0.39 is 6.10 Å². The summed E-state index contributed by atoms with van der Waals surface area (Å²) >= 11 is 1.61. The van der Waals surface area contributed by atoms with E-state index in [-0.39, 0.29) is 0 Å². The lowest BCUT2D eigenvalue weighted by atomic mass is 10.1. The lowest BCUT2D eigenvalue weighted by molar-refractivity contribution is 0.198. The SMILES string of the molecule is CSc1cc(C)c([C@@H](C)O)cn1. The van der Waals surface area contributed by atoms with Gasteiger partial charge in [0.2, 0.25) is 0 Å². The van der Waals surface area contributed by atoms with E-state index in [1.165, 1.54) is 0 Å². The number of aromatic nitrogens is 1. The predicted molar refractivity (Wildman–Crippen MR) is 51.4 cm³/mol. The van der Waals surface area contributed by atoms with Crippen molar-refractivity contribution >= 4 is 11.8 Å². The molecule has 0 radical (unpaired) electrons. The van der Waals surface area contributed by atoms with E-state index in [0.717, 1.165) is 16.2 Å². The summed E-state index contributed by atoms with van der Waals surface area (Å²) in [5.74, 6) is 0. The summed E-state index contributed by atoms with van der Waals surface area (Å²) in [5, 5.41) is 10.3. The minimum Gasteiger partial charge on any atom is -0.389 e. The Labute approximate surface area is 77.0 Å². The monoisotopic (exact) mass is 183 g/mol.